The molecule has 6 heteroatoms. The molecule has 1 aliphatic rings. The molecule has 3 N–H and O–H groups in total. The molecule has 140 valence electrons. The topological polar surface area (TPSA) is 72.2 Å². The lowest BCUT2D eigenvalue weighted by molar-refractivity contribution is 0.601. The lowest BCUT2D eigenvalue weighted by atomic mass is 10.0. The average molecular weight is 401 g/mol. The van der Waals surface area contributed by atoms with E-state index in [-0.39, 0.29) is 23.3 Å². The van der Waals surface area contributed by atoms with E-state index in [0.29, 0.717) is 11.6 Å². The van der Waals surface area contributed by atoms with Crippen LogP contribution in [0.3, 0.4) is 0 Å². The van der Waals surface area contributed by atoms with Crippen molar-refractivity contribution in [1.29, 1.82) is 0 Å². The van der Waals surface area contributed by atoms with E-state index in [2.05, 4.69) is 29.0 Å². The van der Waals surface area contributed by atoms with Crippen molar-refractivity contribution < 1.29 is 8.42 Å². The number of nitrogens with two attached hydrogens (primary N) is 1. The number of sulfonamides is 1. The van der Waals surface area contributed by atoms with Crippen molar-refractivity contribution in [3.63, 3.8) is 0 Å². The van der Waals surface area contributed by atoms with Gasteiger partial charge in [0.2, 0.25) is 0 Å². The molecule has 3 aromatic carbocycles. The highest BCUT2D eigenvalue weighted by molar-refractivity contribution is 7.92. The zero-order chi connectivity index (χ0) is 18.1. The number of hydrogen-bond acceptors (Lipinski definition) is 3. The third kappa shape index (κ3) is 4.33. The molecule has 0 spiro atoms. The highest BCUT2D eigenvalue weighted by Crippen LogP contribution is 2.39. The first kappa shape index (κ1) is 19.4. The van der Waals surface area contributed by atoms with Crippen molar-refractivity contribution in [3.8, 4) is 11.1 Å². The number of halogens is 1. The molecule has 2 atom stereocenters. The number of anilines is 1. The molecule has 1 aliphatic carbocycles. The summed E-state index contributed by atoms with van der Waals surface area (Å²) in [6.45, 7) is 0. The number of benzene rings is 3. The third-order valence-electron chi connectivity index (χ3n) is 4.68. The quantitative estimate of drug-likeness (QED) is 0.667. The van der Waals surface area contributed by atoms with Crippen LogP contribution in [0.15, 0.2) is 83.8 Å². The number of rotatable bonds is 5. The van der Waals surface area contributed by atoms with Crippen molar-refractivity contribution in [2.24, 2.45) is 5.73 Å². The smallest absolute Gasteiger partial charge is 0.261 e. The van der Waals surface area contributed by atoms with Gasteiger partial charge in [-0.05, 0) is 47.4 Å². The maximum Gasteiger partial charge on any atom is 0.261 e. The van der Waals surface area contributed by atoms with Crippen LogP contribution in [-0.2, 0) is 10.0 Å². The molecular formula is C21H21ClN2O2S. The molecule has 1 saturated carbocycles. The van der Waals surface area contributed by atoms with Crippen LogP contribution in [0, 0.1) is 0 Å². The van der Waals surface area contributed by atoms with Crippen molar-refractivity contribution >= 4 is 28.1 Å². The van der Waals surface area contributed by atoms with E-state index in [9.17, 15) is 8.42 Å². The molecule has 0 bridgehead atoms. The van der Waals surface area contributed by atoms with Gasteiger partial charge in [-0.3, -0.25) is 4.72 Å². The molecule has 0 radical (unpaired) electrons. The second-order valence-electron chi connectivity index (χ2n) is 6.63. The first-order valence-corrected chi connectivity index (χ1v) is 10.1. The Labute approximate surface area is 165 Å². The van der Waals surface area contributed by atoms with Gasteiger partial charge >= 0.3 is 0 Å². The van der Waals surface area contributed by atoms with Crippen molar-refractivity contribution in [1.82, 2.24) is 0 Å². The Morgan fingerprint density at radius 3 is 2.15 bits per heavy atom. The predicted octanol–water partition coefficient (Wildman–Crippen LogP) is 4.39. The Morgan fingerprint density at radius 2 is 1.52 bits per heavy atom. The summed E-state index contributed by atoms with van der Waals surface area (Å²) in [4.78, 5) is 0.246. The van der Waals surface area contributed by atoms with E-state index in [1.54, 1.807) is 36.4 Å². The molecule has 0 aliphatic heterocycles. The highest BCUT2D eigenvalue weighted by Gasteiger charge is 2.34. The summed E-state index contributed by atoms with van der Waals surface area (Å²) < 4.78 is 27.6. The van der Waals surface area contributed by atoms with Gasteiger partial charge in [0.05, 0.1) is 4.90 Å². The minimum atomic E-state index is -3.59. The molecule has 0 amide bonds. The van der Waals surface area contributed by atoms with Gasteiger partial charge in [0.1, 0.15) is 0 Å². The number of hydrogen-bond donors (Lipinski definition) is 2. The van der Waals surface area contributed by atoms with Gasteiger partial charge in [-0.2, -0.15) is 0 Å². The summed E-state index contributed by atoms with van der Waals surface area (Å²) in [5.74, 6) is 0.480. The average Bonchev–Trinajstić information content (AvgIpc) is 3.39. The van der Waals surface area contributed by atoms with E-state index in [1.165, 1.54) is 5.56 Å². The first-order chi connectivity index (χ1) is 12.5. The fraction of sp³-hybridized carbons (Fsp3) is 0.143. The number of nitrogens with one attached hydrogen (secondary N) is 1. The third-order valence-corrected chi connectivity index (χ3v) is 6.08. The van der Waals surface area contributed by atoms with Crippen LogP contribution >= 0.6 is 12.4 Å². The van der Waals surface area contributed by atoms with Crippen molar-refractivity contribution in [2.45, 2.75) is 23.3 Å². The van der Waals surface area contributed by atoms with Crippen LogP contribution in [0.1, 0.15) is 17.9 Å². The zero-order valence-corrected chi connectivity index (χ0v) is 16.2. The SMILES string of the molecule is Cl.N[C@H]1C[C@@H]1c1ccc(-c2cccc(NS(=O)(=O)c3ccccc3)c2)cc1. The normalized spacial score (nSPS) is 18.4. The fourth-order valence-corrected chi connectivity index (χ4v) is 4.17. The second-order valence-corrected chi connectivity index (χ2v) is 8.31. The minimum Gasteiger partial charge on any atom is -0.327 e. The molecule has 0 heterocycles. The van der Waals surface area contributed by atoms with Crippen LogP contribution in [-0.4, -0.2) is 14.5 Å². The summed E-state index contributed by atoms with van der Waals surface area (Å²) in [5, 5.41) is 0. The fourth-order valence-electron chi connectivity index (χ4n) is 3.10. The lowest BCUT2D eigenvalue weighted by Gasteiger charge is -2.10. The van der Waals surface area contributed by atoms with Crippen molar-refractivity contribution in [2.75, 3.05) is 4.72 Å². The first-order valence-electron chi connectivity index (χ1n) is 8.57. The molecule has 4 nitrogen and oxygen atoms in total. The molecule has 4 rings (SSSR count). The van der Waals surface area contributed by atoms with Gasteiger partial charge < -0.3 is 5.73 Å². The monoisotopic (exact) mass is 400 g/mol. The minimum absolute atomic E-state index is 0. The largest absolute Gasteiger partial charge is 0.327 e. The predicted molar refractivity (Wildman–Crippen MR) is 112 cm³/mol. The van der Waals surface area contributed by atoms with Gasteiger partial charge in [-0.1, -0.05) is 54.6 Å². The van der Waals surface area contributed by atoms with Crippen LogP contribution in [0.5, 0.6) is 0 Å². The zero-order valence-electron chi connectivity index (χ0n) is 14.6. The van der Waals surface area contributed by atoms with E-state index in [4.69, 9.17) is 5.73 Å². The Morgan fingerprint density at radius 1 is 0.852 bits per heavy atom. The second kappa shape index (κ2) is 7.72. The van der Waals surface area contributed by atoms with Gasteiger partial charge in [0, 0.05) is 17.6 Å². The van der Waals surface area contributed by atoms with Gasteiger partial charge in [0.15, 0.2) is 0 Å². The summed E-state index contributed by atoms with van der Waals surface area (Å²) in [6.07, 6.45) is 1.05. The molecule has 0 aromatic heterocycles. The maximum atomic E-state index is 12.5. The summed E-state index contributed by atoms with van der Waals surface area (Å²) in [6, 6.07) is 24.4. The van der Waals surface area contributed by atoms with Crippen LogP contribution in [0.4, 0.5) is 5.69 Å². The van der Waals surface area contributed by atoms with Crippen LogP contribution in [0.2, 0.25) is 0 Å². The van der Waals surface area contributed by atoms with E-state index in [1.807, 2.05) is 18.2 Å². The van der Waals surface area contributed by atoms with Gasteiger partial charge in [-0.25, -0.2) is 8.42 Å². The van der Waals surface area contributed by atoms with Crippen LogP contribution < -0.4 is 10.5 Å². The lowest BCUT2D eigenvalue weighted by Crippen LogP contribution is -2.12. The molecule has 0 unspecified atom stereocenters. The summed E-state index contributed by atoms with van der Waals surface area (Å²) in [5.41, 5.74) is 9.72. The van der Waals surface area contributed by atoms with Crippen LogP contribution in [0.25, 0.3) is 11.1 Å². The van der Waals surface area contributed by atoms with Gasteiger partial charge in [0.25, 0.3) is 10.0 Å². The Bertz CT molecular complexity index is 1020. The Kier molecular flexibility index (Phi) is 5.56. The van der Waals surface area contributed by atoms with E-state index >= 15 is 0 Å². The molecule has 0 saturated heterocycles. The van der Waals surface area contributed by atoms with Crippen molar-refractivity contribution in [3.05, 3.63) is 84.4 Å². The highest BCUT2D eigenvalue weighted by atomic mass is 35.5. The Hall–Kier alpha value is -2.34. The summed E-state index contributed by atoms with van der Waals surface area (Å²) in [7, 11) is -3.59. The molecular weight excluding hydrogens is 380 g/mol. The summed E-state index contributed by atoms with van der Waals surface area (Å²) >= 11 is 0. The maximum absolute atomic E-state index is 12.5. The molecule has 3 aromatic rings. The van der Waals surface area contributed by atoms with E-state index < -0.39 is 10.0 Å². The molecule has 1 fully saturated rings. The Balaban J connectivity index is 0.00000210. The van der Waals surface area contributed by atoms with E-state index in [0.717, 1.165) is 17.5 Å². The standard InChI is InChI=1S/C21H20N2O2S.ClH/c22-21-14-20(21)16-11-9-15(10-12-16)17-5-4-6-18(13-17)23-26(24,25)19-7-2-1-3-8-19;/h1-13,20-21,23H,14,22H2;1H/t20-,21+;/m1./s1. The molecule has 27 heavy (non-hydrogen) atoms. The van der Waals surface area contributed by atoms with Gasteiger partial charge in [-0.15, -0.1) is 12.4 Å².